The Morgan fingerprint density at radius 2 is 1.92 bits per heavy atom. The summed E-state index contributed by atoms with van der Waals surface area (Å²) in [5.41, 5.74) is 5.39. The first kappa shape index (κ1) is 16.9. The van der Waals surface area contributed by atoms with Crippen molar-refractivity contribution in [3.8, 4) is 10.6 Å². The minimum Gasteiger partial charge on any atom is -0.354 e. The lowest BCUT2D eigenvalue weighted by atomic mass is 9.95. The number of aryl methyl sites for hydroxylation is 2. The van der Waals surface area contributed by atoms with Crippen LogP contribution in [-0.2, 0) is 0 Å². The van der Waals surface area contributed by atoms with Crippen molar-refractivity contribution >= 4 is 22.1 Å². The fourth-order valence-corrected chi connectivity index (χ4v) is 4.09. The van der Waals surface area contributed by atoms with Crippen LogP contribution in [0.5, 0.6) is 0 Å². The fourth-order valence-electron chi connectivity index (χ4n) is 3.17. The zero-order chi connectivity index (χ0) is 17.4. The summed E-state index contributed by atoms with van der Waals surface area (Å²) >= 11 is 1.67. The van der Waals surface area contributed by atoms with Crippen LogP contribution in [0, 0.1) is 13.8 Å². The largest absolute Gasteiger partial charge is 0.354 e. The van der Waals surface area contributed by atoms with Gasteiger partial charge in [0.1, 0.15) is 5.69 Å². The molecular formula is C18H25N5S. The molecule has 128 valence electrons. The highest BCUT2D eigenvalue weighted by Crippen LogP contribution is 2.35. The number of thiazole rings is 1. The van der Waals surface area contributed by atoms with Gasteiger partial charge in [0.15, 0.2) is 10.8 Å². The summed E-state index contributed by atoms with van der Waals surface area (Å²) < 4.78 is 2.02. The van der Waals surface area contributed by atoms with E-state index in [1.807, 2.05) is 29.7 Å². The van der Waals surface area contributed by atoms with E-state index >= 15 is 0 Å². The maximum absolute atomic E-state index is 4.87. The number of imidazole rings is 1. The number of rotatable bonds is 5. The SMILES string of the molecule is CCC(CC)c1cc(C)nn2c(-c3cnc(N(C)C)s3)c(C)nc12. The van der Waals surface area contributed by atoms with Crippen LogP contribution in [-0.4, -0.2) is 33.7 Å². The van der Waals surface area contributed by atoms with Crippen molar-refractivity contribution in [3.05, 3.63) is 29.2 Å². The van der Waals surface area contributed by atoms with Gasteiger partial charge in [0, 0.05) is 25.9 Å². The van der Waals surface area contributed by atoms with E-state index in [1.54, 1.807) is 11.3 Å². The second-order valence-corrected chi connectivity index (χ2v) is 7.45. The monoisotopic (exact) mass is 343 g/mol. The van der Waals surface area contributed by atoms with Crippen LogP contribution in [0.4, 0.5) is 5.13 Å². The normalized spacial score (nSPS) is 11.6. The second kappa shape index (κ2) is 6.51. The average molecular weight is 344 g/mol. The lowest BCUT2D eigenvalue weighted by Crippen LogP contribution is -2.07. The predicted octanol–water partition coefficient (Wildman–Crippen LogP) is 4.44. The first-order valence-electron chi connectivity index (χ1n) is 8.46. The Hall–Kier alpha value is -1.95. The molecule has 0 radical (unpaired) electrons. The van der Waals surface area contributed by atoms with Gasteiger partial charge in [-0.25, -0.2) is 14.5 Å². The first-order valence-corrected chi connectivity index (χ1v) is 9.28. The summed E-state index contributed by atoms with van der Waals surface area (Å²) in [6, 6.07) is 2.20. The number of fused-ring (bicyclic) bond motifs is 1. The molecule has 6 heteroatoms. The highest BCUT2D eigenvalue weighted by Gasteiger charge is 2.20. The van der Waals surface area contributed by atoms with Crippen LogP contribution in [0.1, 0.15) is 49.6 Å². The molecule has 0 saturated heterocycles. The van der Waals surface area contributed by atoms with E-state index in [9.17, 15) is 0 Å². The number of aromatic nitrogens is 4. The number of hydrogen-bond donors (Lipinski definition) is 0. The highest BCUT2D eigenvalue weighted by molar-refractivity contribution is 7.18. The average Bonchev–Trinajstić information content (AvgIpc) is 3.12. The Kier molecular flexibility index (Phi) is 4.58. The third-order valence-electron chi connectivity index (χ3n) is 4.44. The Morgan fingerprint density at radius 1 is 1.21 bits per heavy atom. The van der Waals surface area contributed by atoms with Crippen molar-refractivity contribution in [2.45, 2.75) is 46.5 Å². The molecule has 0 fully saturated rings. The van der Waals surface area contributed by atoms with Crippen LogP contribution in [0.15, 0.2) is 12.3 Å². The molecule has 0 aliphatic carbocycles. The molecule has 0 unspecified atom stereocenters. The summed E-state index contributed by atoms with van der Waals surface area (Å²) in [5.74, 6) is 0.516. The van der Waals surface area contributed by atoms with Gasteiger partial charge in [-0.1, -0.05) is 25.2 Å². The van der Waals surface area contributed by atoms with Crippen molar-refractivity contribution in [2.75, 3.05) is 19.0 Å². The summed E-state index contributed by atoms with van der Waals surface area (Å²) in [6.45, 7) is 8.60. The van der Waals surface area contributed by atoms with Crippen LogP contribution >= 0.6 is 11.3 Å². The molecule has 0 saturated carbocycles. The Balaban J connectivity index is 2.24. The molecule has 24 heavy (non-hydrogen) atoms. The van der Waals surface area contributed by atoms with Crippen molar-refractivity contribution in [2.24, 2.45) is 0 Å². The van der Waals surface area contributed by atoms with Crippen LogP contribution in [0.2, 0.25) is 0 Å². The zero-order valence-corrected chi connectivity index (χ0v) is 16.1. The van der Waals surface area contributed by atoms with Crippen LogP contribution in [0.3, 0.4) is 0 Å². The summed E-state index contributed by atoms with van der Waals surface area (Å²) in [4.78, 5) is 12.5. The zero-order valence-electron chi connectivity index (χ0n) is 15.3. The van der Waals surface area contributed by atoms with Crippen LogP contribution < -0.4 is 4.90 Å². The van der Waals surface area contributed by atoms with Crippen molar-refractivity contribution in [3.63, 3.8) is 0 Å². The van der Waals surface area contributed by atoms with Gasteiger partial charge in [-0.15, -0.1) is 0 Å². The molecule has 3 aromatic rings. The van der Waals surface area contributed by atoms with E-state index in [4.69, 9.17) is 10.1 Å². The lowest BCUT2D eigenvalue weighted by molar-refractivity contribution is 0.638. The molecule has 0 atom stereocenters. The molecule has 0 aromatic carbocycles. The van der Waals surface area contributed by atoms with E-state index in [1.165, 1.54) is 5.56 Å². The van der Waals surface area contributed by atoms with E-state index in [2.05, 4.69) is 38.7 Å². The van der Waals surface area contributed by atoms with E-state index in [0.29, 0.717) is 5.92 Å². The van der Waals surface area contributed by atoms with Crippen molar-refractivity contribution in [1.29, 1.82) is 0 Å². The lowest BCUT2D eigenvalue weighted by Gasteiger charge is -2.14. The smallest absolute Gasteiger partial charge is 0.185 e. The molecule has 0 spiro atoms. The maximum atomic E-state index is 4.87. The maximum Gasteiger partial charge on any atom is 0.185 e. The summed E-state index contributed by atoms with van der Waals surface area (Å²) in [6.07, 6.45) is 4.15. The van der Waals surface area contributed by atoms with Gasteiger partial charge in [-0.05, 0) is 38.7 Å². The van der Waals surface area contributed by atoms with Gasteiger partial charge in [-0.2, -0.15) is 5.10 Å². The molecule has 3 heterocycles. The van der Waals surface area contributed by atoms with E-state index in [-0.39, 0.29) is 0 Å². The Labute approximate surface area is 147 Å². The minimum atomic E-state index is 0.516. The first-order chi connectivity index (χ1) is 11.5. The van der Waals surface area contributed by atoms with Crippen molar-refractivity contribution in [1.82, 2.24) is 19.6 Å². The number of hydrogen-bond acceptors (Lipinski definition) is 5. The van der Waals surface area contributed by atoms with Gasteiger partial charge in [-0.3, -0.25) is 0 Å². The minimum absolute atomic E-state index is 0.516. The molecule has 0 N–H and O–H groups in total. The van der Waals surface area contributed by atoms with Crippen molar-refractivity contribution < 1.29 is 0 Å². The molecule has 0 bridgehead atoms. The molecule has 3 aromatic heterocycles. The molecule has 0 aliphatic rings. The molecule has 0 aliphatic heterocycles. The third kappa shape index (κ3) is 2.79. The van der Waals surface area contributed by atoms with Gasteiger partial charge >= 0.3 is 0 Å². The molecule has 5 nitrogen and oxygen atoms in total. The van der Waals surface area contributed by atoms with Crippen LogP contribution in [0.25, 0.3) is 16.2 Å². The fraction of sp³-hybridized carbons (Fsp3) is 0.500. The third-order valence-corrected chi connectivity index (χ3v) is 5.62. The van der Waals surface area contributed by atoms with E-state index in [0.717, 1.165) is 45.6 Å². The Bertz CT molecular complexity index is 858. The predicted molar refractivity (Wildman–Crippen MR) is 101 cm³/mol. The second-order valence-electron chi connectivity index (χ2n) is 6.44. The van der Waals surface area contributed by atoms with Gasteiger partial charge in [0.05, 0.1) is 16.3 Å². The van der Waals surface area contributed by atoms with Gasteiger partial charge in [0.25, 0.3) is 0 Å². The molecular weight excluding hydrogens is 318 g/mol. The summed E-state index contributed by atoms with van der Waals surface area (Å²) in [7, 11) is 4.02. The van der Waals surface area contributed by atoms with Gasteiger partial charge in [0.2, 0.25) is 0 Å². The molecule has 0 amide bonds. The van der Waals surface area contributed by atoms with E-state index < -0.39 is 0 Å². The number of nitrogens with zero attached hydrogens (tertiary/aromatic N) is 5. The number of anilines is 1. The molecule has 3 rings (SSSR count). The van der Waals surface area contributed by atoms with Gasteiger partial charge < -0.3 is 4.90 Å². The highest BCUT2D eigenvalue weighted by atomic mass is 32.1. The standard InChI is InChI=1S/C18H25N5S/c1-7-13(8-2)14-9-11(3)21-23-16(12(4)20-17(14)23)15-10-19-18(24-15)22(5)6/h9-10,13H,7-8H2,1-6H3. The topological polar surface area (TPSA) is 46.3 Å². The Morgan fingerprint density at radius 3 is 2.50 bits per heavy atom. The summed E-state index contributed by atoms with van der Waals surface area (Å²) in [5, 5.41) is 5.75. The quantitative estimate of drug-likeness (QED) is 0.687.